The van der Waals surface area contributed by atoms with Gasteiger partial charge in [0.15, 0.2) is 0 Å². The third-order valence-electron chi connectivity index (χ3n) is 2.59. The summed E-state index contributed by atoms with van der Waals surface area (Å²) in [5.74, 6) is 1.07. The quantitative estimate of drug-likeness (QED) is 0.703. The van der Waals surface area contributed by atoms with Gasteiger partial charge in [0, 0.05) is 27.8 Å². The standard InChI is InChI=1S/C10H11BrCl2OS/c11-7-4-8(15-10(7)13)9-6(5-12)2-1-3-14-9/h4,6,9H,1-3,5H2. The van der Waals surface area contributed by atoms with E-state index in [-0.39, 0.29) is 6.10 Å². The average molecular weight is 330 g/mol. The molecular weight excluding hydrogens is 319 g/mol. The molecule has 1 aliphatic heterocycles. The zero-order valence-corrected chi connectivity index (χ0v) is 11.9. The molecule has 0 saturated carbocycles. The summed E-state index contributed by atoms with van der Waals surface area (Å²) in [6.45, 7) is 0.825. The Morgan fingerprint density at radius 2 is 2.40 bits per heavy atom. The van der Waals surface area contributed by atoms with Crippen LogP contribution in [0.2, 0.25) is 4.34 Å². The minimum absolute atomic E-state index is 0.130. The number of hydrogen-bond acceptors (Lipinski definition) is 2. The van der Waals surface area contributed by atoms with Gasteiger partial charge in [-0.15, -0.1) is 22.9 Å². The maximum atomic E-state index is 6.02. The van der Waals surface area contributed by atoms with E-state index in [2.05, 4.69) is 15.9 Å². The molecule has 1 fully saturated rings. The number of rotatable bonds is 2. The van der Waals surface area contributed by atoms with Gasteiger partial charge in [0.2, 0.25) is 0 Å². The summed E-state index contributed by atoms with van der Waals surface area (Å²) in [6, 6.07) is 2.04. The van der Waals surface area contributed by atoms with E-state index in [0.717, 1.165) is 28.3 Å². The molecule has 1 nitrogen and oxygen atoms in total. The first-order chi connectivity index (χ1) is 7.22. The number of thiophene rings is 1. The zero-order valence-electron chi connectivity index (χ0n) is 8.01. The second kappa shape index (κ2) is 5.37. The van der Waals surface area contributed by atoms with Gasteiger partial charge in [-0.1, -0.05) is 11.6 Å². The van der Waals surface area contributed by atoms with Gasteiger partial charge in [-0.05, 0) is 34.8 Å². The molecule has 2 heterocycles. The molecule has 0 amide bonds. The maximum absolute atomic E-state index is 6.02. The average Bonchev–Trinajstić information content (AvgIpc) is 2.59. The predicted octanol–water partition coefficient (Wildman–Crippen LogP) is 4.87. The van der Waals surface area contributed by atoms with Crippen molar-refractivity contribution in [1.29, 1.82) is 0 Å². The van der Waals surface area contributed by atoms with E-state index < -0.39 is 0 Å². The highest BCUT2D eigenvalue weighted by atomic mass is 79.9. The van der Waals surface area contributed by atoms with Crippen molar-refractivity contribution in [3.8, 4) is 0 Å². The van der Waals surface area contributed by atoms with E-state index in [1.165, 1.54) is 4.88 Å². The summed E-state index contributed by atoms with van der Waals surface area (Å²) in [5, 5.41) is 0. The molecule has 0 radical (unpaired) electrons. The molecule has 15 heavy (non-hydrogen) atoms. The van der Waals surface area contributed by atoms with Crippen molar-refractivity contribution in [2.75, 3.05) is 12.5 Å². The van der Waals surface area contributed by atoms with Gasteiger partial charge >= 0.3 is 0 Å². The molecule has 0 N–H and O–H groups in total. The monoisotopic (exact) mass is 328 g/mol. The smallest absolute Gasteiger partial charge is 0.107 e. The predicted molar refractivity (Wildman–Crippen MR) is 69.2 cm³/mol. The van der Waals surface area contributed by atoms with E-state index in [9.17, 15) is 0 Å². The first kappa shape index (κ1) is 12.2. The van der Waals surface area contributed by atoms with Crippen LogP contribution < -0.4 is 0 Å². The van der Waals surface area contributed by atoms with Gasteiger partial charge in [-0.2, -0.15) is 0 Å². The van der Waals surface area contributed by atoms with Crippen LogP contribution in [0.4, 0.5) is 0 Å². The maximum Gasteiger partial charge on any atom is 0.107 e. The molecule has 5 heteroatoms. The number of hydrogen-bond donors (Lipinski definition) is 0. The van der Waals surface area contributed by atoms with Crippen LogP contribution >= 0.6 is 50.5 Å². The second-order valence-electron chi connectivity index (χ2n) is 3.62. The van der Waals surface area contributed by atoms with Crippen molar-refractivity contribution in [3.05, 3.63) is 19.8 Å². The third-order valence-corrected chi connectivity index (χ3v) is 5.52. The van der Waals surface area contributed by atoms with Gasteiger partial charge in [0.05, 0.1) is 6.10 Å². The van der Waals surface area contributed by atoms with Crippen LogP contribution in [0.5, 0.6) is 0 Å². The summed E-state index contributed by atoms with van der Waals surface area (Å²) in [5.41, 5.74) is 0. The lowest BCUT2D eigenvalue weighted by Crippen LogP contribution is -2.22. The van der Waals surface area contributed by atoms with Crippen molar-refractivity contribution in [1.82, 2.24) is 0 Å². The molecule has 2 unspecified atom stereocenters. The highest BCUT2D eigenvalue weighted by Gasteiger charge is 2.28. The molecule has 84 valence electrons. The lowest BCUT2D eigenvalue weighted by Gasteiger charge is -2.29. The Labute approximate surface area is 112 Å². The van der Waals surface area contributed by atoms with E-state index in [0.29, 0.717) is 11.8 Å². The molecule has 1 saturated heterocycles. The largest absolute Gasteiger partial charge is 0.372 e. The highest BCUT2D eigenvalue weighted by Crippen LogP contribution is 2.42. The van der Waals surface area contributed by atoms with Crippen molar-refractivity contribution in [2.45, 2.75) is 18.9 Å². The van der Waals surface area contributed by atoms with E-state index in [4.69, 9.17) is 27.9 Å². The van der Waals surface area contributed by atoms with Gasteiger partial charge in [-0.25, -0.2) is 0 Å². The Balaban J connectivity index is 2.20. The van der Waals surface area contributed by atoms with Gasteiger partial charge < -0.3 is 4.74 Å². The molecule has 1 aromatic heterocycles. The first-order valence-corrected chi connectivity index (χ1v) is 7.37. The van der Waals surface area contributed by atoms with Crippen molar-refractivity contribution < 1.29 is 4.74 Å². The summed E-state index contributed by atoms with van der Waals surface area (Å²) in [6.07, 6.45) is 2.38. The van der Waals surface area contributed by atoms with Gasteiger partial charge in [0.1, 0.15) is 4.34 Å². The Bertz CT molecular complexity index is 323. The topological polar surface area (TPSA) is 9.23 Å². The van der Waals surface area contributed by atoms with E-state index in [1.807, 2.05) is 6.07 Å². The minimum Gasteiger partial charge on any atom is -0.372 e. The Kier molecular flexibility index (Phi) is 4.36. The van der Waals surface area contributed by atoms with Crippen LogP contribution in [0.1, 0.15) is 23.8 Å². The molecule has 0 aliphatic carbocycles. The van der Waals surface area contributed by atoms with Crippen molar-refractivity contribution in [2.24, 2.45) is 5.92 Å². The number of alkyl halides is 1. The van der Waals surface area contributed by atoms with Crippen LogP contribution in [0.3, 0.4) is 0 Å². The van der Waals surface area contributed by atoms with Crippen LogP contribution in [0.25, 0.3) is 0 Å². The molecule has 0 bridgehead atoms. The Hall–Kier alpha value is 0.720. The molecule has 2 atom stereocenters. The molecular formula is C10H11BrCl2OS. The van der Waals surface area contributed by atoms with Crippen molar-refractivity contribution >= 4 is 50.5 Å². The zero-order chi connectivity index (χ0) is 10.8. The molecule has 2 rings (SSSR count). The highest BCUT2D eigenvalue weighted by molar-refractivity contribution is 9.10. The van der Waals surface area contributed by atoms with Gasteiger partial charge in [-0.3, -0.25) is 0 Å². The fourth-order valence-electron chi connectivity index (χ4n) is 1.82. The molecule has 1 aromatic rings. The van der Waals surface area contributed by atoms with Crippen molar-refractivity contribution in [3.63, 3.8) is 0 Å². The fourth-order valence-corrected chi connectivity index (χ4v) is 4.02. The summed E-state index contributed by atoms with van der Waals surface area (Å²) in [7, 11) is 0. The normalized spacial score (nSPS) is 26.9. The molecule has 1 aliphatic rings. The summed E-state index contributed by atoms with van der Waals surface area (Å²) >= 11 is 17.0. The van der Waals surface area contributed by atoms with Crippen LogP contribution in [-0.4, -0.2) is 12.5 Å². The van der Waals surface area contributed by atoms with E-state index in [1.54, 1.807) is 11.3 Å². The molecule has 0 spiro atoms. The number of halogens is 3. The minimum atomic E-state index is 0.130. The Morgan fingerprint density at radius 3 is 3.00 bits per heavy atom. The lowest BCUT2D eigenvalue weighted by atomic mass is 9.95. The molecule has 0 aromatic carbocycles. The second-order valence-corrected chi connectivity index (χ2v) is 6.47. The Morgan fingerprint density at radius 1 is 1.60 bits per heavy atom. The van der Waals surface area contributed by atoms with Crippen LogP contribution in [0.15, 0.2) is 10.5 Å². The lowest BCUT2D eigenvalue weighted by molar-refractivity contribution is -0.0186. The SMILES string of the molecule is ClCC1CCCOC1c1cc(Br)c(Cl)s1. The van der Waals surface area contributed by atoms with E-state index >= 15 is 0 Å². The number of ether oxygens (including phenoxy) is 1. The summed E-state index contributed by atoms with van der Waals surface area (Å²) < 4.78 is 7.52. The summed E-state index contributed by atoms with van der Waals surface area (Å²) in [4.78, 5) is 1.18. The third kappa shape index (κ3) is 2.70. The fraction of sp³-hybridized carbons (Fsp3) is 0.600. The van der Waals surface area contributed by atoms with Crippen LogP contribution in [0, 0.1) is 5.92 Å². The first-order valence-electron chi connectivity index (χ1n) is 4.84. The van der Waals surface area contributed by atoms with Crippen LogP contribution in [-0.2, 0) is 4.74 Å². The van der Waals surface area contributed by atoms with Gasteiger partial charge in [0.25, 0.3) is 0 Å².